The van der Waals surface area contributed by atoms with Crippen molar-refractivity contribution in [3.8, 4) is 0 Å². The highest BCUT2D eigenvalue weighted by Gasteiger charge is 2.26. The van der Waals surface area contributed by atoms with Crippen LogP contribution in [0, 0.1) is 0 Å². The third kappa shape index (κ3) is 5.95. The molecule has 2 heterocycles. The Balaban J connectivity index is 1.56. The van der Waals surface area contributed by atoms with Crippen molar-refractivity contribution in [3.05, 3.63) is 53.3 Å². The first-order valence-electron chi connectivity index (χ1n) is 11.5. The van der Waals surface area contributed by atoms with Gasteiger partial charge in [0.2, 0.25) is 0 Å². The Labute approximate surface area is 187 Å². The maximum Gasteiger partial charge on any atom is 0.271 e. The lowest BCUT2D eigenvalue weighted by Crippen LogP contribution is -2.47. The molecule has 6 heteroatoms. The van der Waals surface area contributed by atoms with Crippen LogP contribution in [-0.4, -0.2) is 65.3 Å². The standard InChI is InChI=1S/C25H39N5O/c1-19(2)22-17-21(27-30(22)25(3,4)5)24(31)26-13-10-14-29-16-15-28(6)18-23(29)20-11-8-7-9-12-20/h7-9,11-12,17,19,23H,10,13-16,18H2,1-6H3,(H,26,31). The van der Waals surface area contributed by atoms with Crippen LogP contribution < -0.4 is 5.32 Å². The molecule has 1 aliphatic rings. The fourth-order valence-corrected chi connectivity index (χ4v) is 4.25. The lowest BCUT2D eigenvalue weighted by Gasteiger charge is -2.40. The molecule has 1 N–H and O–H groups in total. The molecule has 1 aliphatic heterocycles. The summed E-state index contributed by atoms with van der Waals surface area (Å²) in [4.78, 5) is 17.7. The van der Waals surface area contributed by atoms with Gasteiger partial charge in [-0.2, -0.15) is 5.10 Å². The van der Waals surface area contributed by atoms with Gasteiger partial charge in [-0.15, -0.1) is 0 Å². The van der Waals surface area contributed by atoms with Crippen molar-refractivity contribution >= 4 is 5.91 Å². The van der Waals surface area contributed by atoms with Gasteiger partial charge < -0.3 is 10.2 Å². The number of rotatable bonds is 7. The van der Waals surface area contributed by atoms with Crippen molar-refractivity contribution in [2.75, 3.05) is 39.8 Å². The molecule has 3 rings (SSSR count). The molecule has 2 aromatic rings. The van der Waals surface area contributed by atoms with E-state index in [0.29, 0.717) is 24.2 Å². The number of hydrogen-bond donors (Lipinski definition) is 1. The molecule has 0 aliphatic carbocycles. The van der Waals surface area contributed by atoms with Crippen LogP contribution in [0.5, 0.6) is 0 Å². The van der Waals surface area contributed by atoms with Gasteiger partial charge in [0.1, 0.15) is 5.69 Å². The molecule has 0 radical (unpaired) electrons. The van der Waals surface area contributed by atoms with Gasteiger partial charge >= 0.3 is 0 Å². The molecule has 0 bridgehead atoms. The highest BCUT2D eigenvalue weighted by atomic mass is 16.1. The topological polar surface area (TPSA) is 53.4 Å². The second-order valence-electron chi connectivity index (χ2n) is 10.0. The third-order valence-corrected chi connectivity index (χ3v) is 5.98. The Hall–Kier alpha value is -2.18. The number of likely N-dealkylation sites (N-methyl/N-ethyl adjacent to an activating group) is 1. The highest BCUT2D eigenvalue weighted by Crippen LogP contribution is 2.25. The van der Waals surface area contributed by atoms with Crippen LogP contribution in [0.15, 0.2) is 36.4 Å². The number of nitrogens with one attached hydrogen (secondary N) is 1. The molecule has 1 fully saturated rings. The van der Waals surface area contributed by atoms with E-state index in [-0.39, 0.29) is 11.4 Å². The number of hydrogen-bond acceptors (Lipinski definition) is 4. The van der Waals surface area contributed by atoms with E-state index in [4.69, 9.17) is 0 Å². The first-order chi connectivity index (χ1) is 14.7. The summed E-state index contributed by atoms with van der Waals surface area (Å²) in [6.45, 7) is 15.4. The van der Waals surface area contributed by atoms with Crippen molar-refractivity contribution in [3.63, 3.8) is 0 Å². The second kappa shape index (κ2) is 9.96. The maximum atomic E-state index is 12.7. The molecule has 1 aromatic carbocycles. The Bertz CT molecular complexity index is 853. The summed E-state index contributed by atoms with van der Waals surface area (Å²) < 4.78 is 1.99. The van der Waals surface area contributed by atoms with Crippen LogP contribution in [0.1, 0.15) is 74.7 Å². The molecule has 0 saturated carbocycles. The predicted molar refractivity (Wildman–Crippen MR) is 127 cm³/mol. The van der Waals surface area contributed by atoms with Gasteiger partial charge in [-0.3, -0.25) is 14.4 Å². The minimum absolute atomic E-state index is 0.0807. The quantitative estimate of drug-likeness (QED) is 0.684. The predicted octanol–water partition coefficient (Wildman–Crippen LogP) is 3.87. The molecule has 1 unspecified atom stereocenters. The number of amides is 1. The number of nitrogens with zero attached hydrogens (tertiary/aromatic N) is 4. The number of piperazine rings is 1. The molecule has 0 spiro atoms. The summed E-state index contributed by atoms with van der Waals surface area (Å²) >= 11 is 0. The largest absolute Gasteiger partial charge is 0.351 e. The zero-order valence-corrected chi connectivity index (χ0v) is 20.1. The van der Waals surface area contributed by atoms with E-state index in [1.807, 2.05) is 10.7 Å². The second-order valence-corrected chi connectivity index (χ2v) is 10.0. The molecular weight excluding hydrogens is 386 g/mol. The summed E-state index contributed by atoms with van der Waals surface area (Å²) in [6, 6.07) is 13.1. The maximum absolute atomic E-state index is 12.7. The summed E-state index contributed by atoms with van der Waals surface area (Å²) in [5.74, 6) is 0.239. The van der Waals surface area contributed by atoms with Crippen molar-refractivity contribution in [1.82, 2.24) is 24.9 Å². The van der Waals surface area contributed by atoms with Gasteiger partial charge in [0.15, 0.2) is 0 Å². The summed E-state index contributed by atoms with van der Waals surface area (Å²) in [5.41, 5.74) is 2.83. The highest BCUT2D eigenvalue weighted by molar-refractivity contribution is 5.92. The number of aromatic nitrogens is 2. The minimum Gasteiger partial charge on any atom is -0.351 e. The monoisotopic (exact) mass is 425 g/mol. The van der Waals surface area contributed by atoms with E-state index in [0.717, 1.165) is 38.3 Å². The number of benzene rings is 1. The number of carbonyl (C=O) groups excluding carboxylic acids is 1. The van der Waals surface area contributed by atoms with Gasteiger partial charge in [0.25, 0.3) is 5.91 Å². The lowest BCUT2D eigenvalue weighted by atomic mass is 10.0. The molecule has 1 saturated heterocycles. The van der Waals surface area contributed by atoms with Crippen molar-refractivity contribution < 1.29 is 4.79 Å². The molecule has 6 nitrogen and oxygen atoms in total. The van der Waals surface area contributed by atoms with Gasteiger partial charge in [0.05, 0.1) is 5.54 Å². The first-order valence-corrected chi connectivity index (χ1v) is 11.5. The molecule has 31 heavy (non-hydrogen) atoms. The van der Waals surface area contributed by atoms with Crippen LogP contribution >= 0.6 is 0 Å². The van der Waals surface area contributed by atoms with Crippen LogP contribution in [-0.2, 0) is 5.54 Å². The van der Waals surface area contributed by atoms with E-state index in [9.17, 15) is 4.79 Å². The summed E-state index contributed by atoms with van der Waals surface area (Å²) in [6.07, 6.45) is 0.926. The Morgan fingerprint density at radius 2 is 1.90 bits per heavy atom. The first kappa shape index (κ1) is 23.5. The summed E-state index contributed by atoms with van der Waals surface area (Å²) in [5, 5.41) is 7.70. The third-order valence-electron chi connectivity index (χ3n) is 5.98. The SMILES string of the molecule is CC(C)c1cc(C(=O)NCCCN2CCN(C)CC2c2ccccc2)nn1C(C)(C)C. The Kier molecular flexibility index (Phi) is 7.55. The molecule has 170 valence electrons. The zero-order valence-electron chi connectivity index (χ0n) is 20.1. The molecular formula is C25H39N5O. The molecule has 1 aromatic heterocycles. The lowest BCUT2D eigenvalue weighted by molar-refractivity contribution is 0.0864. The van der Waals surface area contributed by atoms with Crippen LogP contribution in [0.3, 0.4) is 0 Å². The summed E-state index contributed by atoms with van der Waals surface area (Å²) in [7, 11) is 2.19. The van der Waals surface area contributed by atoms with E-state index in [2.05, 4.69) is 92.2 Å². The van der Waals surface area contributed by atoms with E-state index in [1.54, 1.807) is 0 Å². The van der Waals surface area contributed by atoms with E-state index in [1.165, 1.54) is 5.56 Å². The average Bonchev–Trinajstić information content (AvgIpc) is 3.19. The smallest absolute Gasteiger partial charge is 0.271 e. The number of carbonyl (C=O) groups is 1. The fraction of sp³-hybridized carbons (Fsp3) is 0.600. The average molecular weight is 426 g/mol. The van der Waals surface area contributed by atoms with Crippen molar-refractivity contribution in [2.24, 2.45) is 0 Å². The normalized spacial score (nSPS) is 18.5. The van der Waals surface area contributed by atoms with Gasteiger partial charge in [-0.05, 0) is 51.8 Å². The Morgan fingerprint density at radius 3 is 2.52 bits per heavy atom. The fourth-order valence-electron chi connectivity index (χ4n) is 4.25. The van der Waals surface area contributed by atoms with E-state index >= 15 is 0 Å². The molecule has 1 atom stereocenters. The minimum atomic E-state index is -0.147. The Morgan fingerprint density at radius 1 is 1.19 bits per heavy atom. The molecule has 1 amide bonds. The van der Waals surface area contributed by atoms with Crippen molar-refractivity contribution in [2.45, 2.75) is 58.5 Å². The van der Waals surface area contributed by atoms with Gasteiger partial charge in [-0.1, -0.05) is 44.2 Å². The van der Waals surface area contributed by atoms with Crippen LogP contribution in [0.25, 0.3) is 0 Å². The van der Waals surface area contributed by atoms with Gasteiger partial charge in [-0.25, -0.2) is 0 Å². The van der Waals surface area contributed by atoms with E-state index < -0.39 is 0 Å². The van der Waals surface area contributed by atoms with Crippen molar-refractivity contribution in [1.29, 1.82) is 0 Å². The van der Waals surface area contributed by atoms with Crippen LogP contribution in [0.2, 0.25) is 0 Å². The zero-order chi connectivity index (χ0) is 22.6. The van der Waals surface area contributed by atoms with Crippen LogP contribution in [0.4, 0.5) is 0 Å². The van der Waals surface area contributed by atoms with Gasteiger partial charge in [0, 0.05) is 44.5 Å².